The van der Waals surface area contributed by atoms with Gasteiger partial charge in [-0.2, -0.15) is 4.39 Å². The summed E-state index contributed by atoms with van der Waals surface area (Å²) in [5, 5.41) is 1.29. The zero-order chi connectivity index (χ0) is 22.4. The van der Waals surface area contributed by atoms with Gasteiger partial charge in [-0.3, -0.25) is 9.69 Å². The second-order valence-corrected chi connectivity index (χ2v) is 13.9. The van der Waals surface area contributed by atoms with E-state index in [1.807, 2.05) is 18.2 Å². The van der Waals surface area contributed by atoms with E-state index >= 15 is 0 Å². The van der Waals surface area contributed by atoms with Gasteiger partial charge in [-0.05, 0) is 34.9 Å². The van der Waals surface area contributed by atoms with Crippen molar-refractivity contribution in [3.8, 4) is 11.1 Å². The Bertz CT molecular complexity index is 1190. The fraction of sp³-hybridized carbons (Fsp3) is 0.208. The molecule has 1 unspecified atom stereocenters. The quantitative estimate of drug-likeness (QED) is 0.507. The topological polar surface area (TPSA) is 71.6 Å². The van der Waals surface area contributed by atoms with Crippen molar-refractivity contribution in [2.75, 3.05) is 7.05 Å². The molecular weight excluding hydrogens is 407 g/mol. The van der Waals surface area contributed by atoms with Crippen LogP contribution in [0.3, 0.4) is 0 Å². The Hall–Kier alpha value is -3.32. The molecule has 2 N–H and O–H groups in total. The smallest absolute Gasteiger partial charge is 0.266 e. The Morgan fingerprint density at radius 2 is 1.71 bits per heavy atom. The molecule has 0 spiro atoms. The summed E-state index contributed by atoms with van der Waals surface area (Å²) in [6.45, 7) is 6.82. The molecule has 1 atom stereocenters. The average Bonchev–Trinajstić information content (AvgIpc) is 2.98. The van der Waals surface area contributed by atoms with Gasteiger partial charge in [0.05, 0.1) is 8.07 Å². The molecule has 4 rings (SSSR count). The van der Waals surface area contributed by atoms with E-state index in [1.165, 1.54) is 16.3 Å². The van der Waals surface area contributed by atoms with Crippen molar-refractivity contribution in [3.63, 3.8) is 0 Å². The van der Waals surface area contributed by atoms with E-state index in [0.717, 1.165) is 5.56 Å². The van der Waals surface area contributed by atoms with E-state index in [2.05, 4.69) is 41.8 Å². The number of aliphatic imine (C=N–C) groups is 1. The molecule has 3 aromatic rings. The average molecular weight is 433 g/mol. The van der Waals surface area contributed by atoms with Crippen LogP contribution in [0.1, 0.15) is 11.1 Å². The minimum absolute atomic E-state index is 0.150. The van der Waals surface area contributed by atoms with Gasteiger partial charge in [0.25, 0.3) is 5.91 Å². The Balaban J connectivity index is 1.92. The second-order valence-electron chi connectivity index (χ2n) is 8.79. The molecule has 2 heterocycles. The van der Waals surface area contributed by atoms with Crippen LogP contribution in [0.2, 0.25) is 19.6 Å². The maximum Gasteiger partial charge on any atom is 0.266 e. The molecule has 1 aliphatic rings. The third kappa shape index (κ3) is 3.44. The number of benzene rings is 2. The number of likely N-dealkylation sites (N-methyl/N-ethyl adjacent to an activating group) is 1. The van der Waals surface area contributed by atoms with Gasteiger partial charge in [-0.1, -0.05) is 67.3 Å². The number of nitrogens with zero attached hydrogens (tertiary/aromatic N) is 3. The fourth-order valence-electron chi connectivity index (χ4n) is 3.91. The van der Waals surface area contributed by atoms with Crippen LogP contribution in [0.5, 0.6) is 0 Å². The number of guanidine groups is 1. The van der Waals surface area contributed by atoms with Gasteiger partial charge in [0.15, 0.2) is 11.5 Å². The highest BCUT2D eigenvalue weighted by Crippen LogP contribution is 2.40. The number of rotatable bonds is 4. The minimum atomic E-state index is -1.51. The Morgan fingerprint density at radius 1 is 1.00 bits per heavy atom. The molecule has 7 heteroatoms. The van der Waals surface area contributed by atoms with Crippen molar-refractivity contribution < 1.29 is 9.18 Å². The molecule has 1 amide bonds. The number of carbonyl (C=O) groups is 1. The van der Waals surface area contributed by atoms with Gasteiger partial charge in [-0.25, -0.2) is 9.98 Å². The summed E-state index contributed by atoms with van der Waals surface area (Å²) >= 11 is 0. The van der Waals surface area contributed by atoms with E-state index in [4.69, 9.17) is 5.73 Å². The molecule has 31 heavy (non-hydrogen) atoms. The predicted octanol–water partition coefficient (Wildman–Crippen LogP) is 3.46. The monoisotopic (exact) mass is 432 g/mol. The van der Waals surface area contributed by atoms with E-state index in [-0.39, 0.29) is 11.9 Å². The summed E-state index contributed by atoms with van der Waals surface area (Å²) in [4.78, 5) is 23.2. The molecule has 0 bridgehead atoms. The lowest BCUT2D eigenvalue weighted by Gasteiger charge is -2.27. The van der Waals surface area contributed by atoms with Crippen molar-refractivity contribution in [2.24, 2.45) is 10.7 Å². The largest absolute Gasteiger partial charge is 0.369 e. The van der Waals surface area contributed by atoms with Gasteiger partial charge in [0.1, 0.15) is 0 Å². The van der Waals surface area contributed by atoms with Crippen LogP contribution < -0.4 is 10.9 Å². The van der Waals surface area contributed by atoms with Crippen LogP contribution in [-0.2, 0) is 10.3 Å². The van der Waals surface area contributed by atoms with Crippen LogP contribution in [-0.4, -0.2) is 36.9 Å². The summed E-state index contributed by atoms with van der Waals surface area (Å²) in [7, 11) is 0.108. The first-order valence-electron chi connectivity index (χ1n) is 10.1. The maximum atomic E-state index is 14.3. The molecule has 2 aromatic carbocycles. The number of amides is 1. The first-order chi connectivity index (χ1) is 14.6. The van der Waals surface area contributed by atoms with E-state index in [1.54, 1.807) is 37.4 Å². The van der Waals surface area contributed by atoms with Crippen molar-refractivity contribution >= 4 is 25.1 Å². The zero-order valence-electron chi connectivity index (χ0n) is 18.1. The predicted molar refractivity (Wildman–Crippen MR) is 124 cm³/mol. The van der Waals surface area contributed by atoms with E-state index in [9.17, 15) is 9.18 Å². The van der Waals surface area contributed by atoms with Crippen molar-refractivity contribution in [1.82, 2.24) is 9.88 Å². The lowest BCUT2D eigenvalue weighted by molar-refractivity contribution is -0.129. The Morgan fingerprint density at radius 3 is 2.29 bits per heavy atom. The van der Waals surface area contributed by atoms with Crippen molar-refractivity contribution in [1.29, 1.82) is 0 Å². The molecular formula is C24H25FN4OSi. The molecule has 0 aliphatic carbocycles. The third-order valence-electron chi connectivity index (χ3n) is 5.76. The van der Waals surface area contributed by atoms with Gasteiger partial charge in [-0.15, -0.1) is 0 Å². The summed E-state index contributed by atoms with van der Waals surface area (Å²) < 4.78 is 14.3. The van der Waals surface area contributed by atoms with Crippen LogP contribution in [0.4, 0.5) is 4.39 Å². The molecule has 0 saturated carbocycles. The van der Waals surface area contributed by atoms with Gasteiger partial charge >= 0.3 is 0 Å². The first-order valence-corrected chi connectivity index (χ1v) is 13.6. The number of hydrogen-bond donors (Lipinski definition) is 1. The van der Waals surface area contributed by atoms with Crippen LogP contribution in [0.15, 0.2) is 71.9 Å². The van der Waals surface area contributed by atoms with Gasteiger partial charge in [0, 0.05) is 18.8 Å². The lowest BCUT2D eigenvalue weighted by atomic mass is 9.82. The Kier molecular flexibility index (Phi) is 5.01. The maximum absolute atomic E-state index is 14.3. The molecule has 1 aliphatic heterocycles. The van der Waals surface area contributed by atoms with Gasteiger partial charge < -0.3 is 5.73 Å². The fourth-order valence-corrected chi connectivity index (χ4v) is 5.08. The normalized spacial score (nSPS) is 18.9. The van der Waals surface area contributed by atoms with E-state index < -0.39 is 19.6 Å². The number of carbonyl (C=O) groups excluding carboxylic acids is 1. The van der Waals surface area contributed by atoms with E-state index in [0.29, 0.717) is 16.7 Å². The SMILES string of the molecule is CN1C(=O)C(c2ccc([Si](C)(C)C)cc2)(c2cccc(-c3cccnc3F)c2)N=C1N. The molecule has 1 aromatic heterocycles. The highest BCUT2D eigenvalue weighted by atomic mass is 28.3. The van der Waals surface area contributed by atoms with Crippen molar-refractivity contribution in [2.45, 2.75) is 25.2 Å². The second kappa shape index (κ2) is 7.42. The number of halogens is 1. The number of pyridine rings is 1. The summed E-state index contributed by atoms with van der Waals surface area (Å²) in [6, 6.07) is 18.6. The van der Waals surface area contributed by atoms with Crippen molar-refractivity contribution in [3.05, 3.63) is 83.9 Å². The number of aromatic nitrogens is 1. The van der Waals surface area contributed by atoms with Gasteiger partial charge in [0.2, 0.25) is 5.95 Å². The van der Waals surface area contributed by atoms with Crippen LogP contribution in [0.25, 0.3) is 11.1 Å². The lowest BCUT2D eigenvalue weighted by Crippen LogP contribution is -2.42. The third-order valence-corrected chi connectivity index (χ3v) is 7.82. The molecule has 5 nitrogen and oxygen atoms in total. The summed E-state index contributed by atoms with van der Waals surface area (Å²) in [6.07, 6.45) is 1.41. The standard InChI is InChI=1S/C24H25FN4OSi/c1-29-22(30)24(28-23(29)26,17-10-12-19(13-11-17)31(2,3)4)18-8-5-7-16(15-18)20-9-6-14-27-21(20)25/h5-15H,1-4H3,(H2,26,28). The van der Waals surface area contributed by atoms with Crippen LogP contribution in [0, 0.1) is 5.95 Å². The highest BCUT2D eigenvalue weighted by Gasteiger charge is 2.49. The number of hydrogen-bond acceptors (Lipinski definition) is 4. The number of nitrogens with two attached hydrogens (primary N) is 1. The molecule has 0 saturated heterocycles. The summed E-state index contributed by atoms with van der Waals surface area (Å²) in [5.41, 5.74) is 7.12. The summed E-state index contributed by atoms with van der Waals surface area (Å²) in [5.74, 6) is -0.655. The molecule has 0 radical (unpaired) electrons. The molecule has 0 fully saturated rings. The zero-order valence-corrected chi connectivity index (χ0v) is 19.1. The van der Waals surface area contributed by atoms with Crippen LogP contribution >= 0.6 is 0 Å². The minimum Gasteiger partial charge on any atom is -0.369 e. The first kappa shape index (κ1) is 20.9. The highest BCUT2D eigenvalue weighted by molar-refractivity contribution is 6.88. The Labute approximate surface area is 182 Å². The molecule has 158 valence electrons.